The van der Waals surface area contributed by atoms with E-state index in [4.69, 9.17) is 23.2 Å². The molecule has 238 valence electrons. The summed E-state index contributed by atoms with van der Waals surface area (Å²) in [5, 5.41) is 14.5. The third-order valence-corrected chi connectivity index (χ3v) is 8.81. The lowest BCUT2D eigenvalue weighted by atomic mass is 10.0. The first kappa shape index (κ1) is 31.3. The molecule has 2 saturated heterocycles. The zero-order chi connectivity index (χ0) is 32.7. The van der Waals surface area contributed by atoms with Crippen molar-refractivity contribution in [3.05, 3.63) is 80.3 Å². The van der Waals surface area contributed by atoms with Gasteiger partial charge in [0.25, 0.3) is 23.6 Å². The first-order valence-electron chi connectivity index (χ1n) is 14.4. The molecular formula is C30H26Cl2FN7O6. The number of amides is 6. The maximum Gasteiger partial charge on any atom is 0.274 e. The number of anilines is 1. The number of hydrogen-bond acceptors (Lipinski definition) is 8. The molecule has 16 heteroatoms. The molecule has 46 heavy (non-hydrogen) atoms. The van der Waals surface area contributed by atoms with Gasteiger partial charge in [0.15, 0.2) is 5.69 Å². The van der Waals surface area contributed by atoms with Crippen LogP contribution in [0.3, 0.4) is 0 Å². The maximum atomic E-state index is 15.1. The number of imide groups is 2. The van der Waals surface area contributed by atoms with Crippen molar-refractivity contribution in [1.82, 2.24) is 30.6 Å². The molecule has 13 nitrogen and oxygen atoms in total. The molecule has 4 N–H and O–H groups in total. The highest BCUT2D eigenvalue weighted by atomic mass is 35.5. The Morgan fingerprint density at radius 2 is 1.72 bits per heavy atom. The summed E-state index contributed by atoms with van der Waals surface area (Å²) < 4.78 is 15.1. The van der Waals surface area contributed by atoms with Crippen LogP contribution in [0.2, 0.25) is 10.0 Å². The summed E-state index contributed by atoms with van der Waals surface area (Å²) in [6.07, 6.45) is 2.43. The number of carbonyl (C=O) groups excluding carboxylic acids is 6. The minimum atomic E-state index is -1.18. The van der Waals surface area contributed by atoms with E-state index >= 15 is 4.39 Å². The van der Waals surface area contributed by atoms with Crippen molar-refractivity contribution in [3.63, 3.8) is 0 Å². The number of hydrogen-bond donors (Lipinski definition) is 4. The Morgan fingerprint density at radius 1 is 1.00 bits per heavy atom. The number of H-pyrrole nitrogens is 1. The van der Waals surface area contributed by atoms with Crippen LogP contribution in [0, 0.1) is 5.82 Å². The van der Waals surface area contributed by atoms with Crippen molar-refractivity contribution < 1.29 is 33.2 Å². The first-order chi connectivity index (χ1) is 22.0. The number of carbonyl (C=O) groups is 6. The van der Waals surface area contributed by atoms with Crippen LogP contribution in [-0.2, 0) is 16.1 Å². The monoisotopic (exact) mass is 669 g/mol. The fourth-order valence-corrected chi connectivity index (χ4v) is 6.47. The van der Waals surface area contributed by atoms with Crippen LogP contribution in [0.5, 0.6) is 0 Å². The van der Waals surface area contributed by atoms with Gasteiger partial charge in [-0.3, -0.25) is 49.0 Å². The van der Waals surface area contributed by atoms with Crippen molar-refractivity contribution in [1.29, 1.82) is 0 Å². The zero-order valence-corrected chi connectivity index (χ0v) is 25.5. The van der Waals surface area contributed by atoms with Crippen LogP contribution < -0.4 is 16.0 Å². The van der Waals surface area contributed by atoms with Gasteiger partial charge in [0, 0.05) is 38.3 Å². The van der Waals surface area contributed by atoms with Crippen LogP contribution in [0.1, 0.15) is 72.8 Å². The van der Waals surface area contributed by atoms with Crippen molar-refractivity contribution in [2.24, 2.45) is 0 Å². The number of nitrogens with zero attached hydrogens (tertiary/aromatic N) is 3. The molecule has 0 bridgehead atoms. The minimum Gasteiger partial charge on any atom is -0.348 e. The SMILES string of the molecule is O=C1CCC(N2C(=O)c3cc(CN4CCC(NC(=O)c5n[nH]cc5NC(=O)c5c(Cl)cccc5Cl)CC4)cc(F)c3C2=O)C(=O)N1. The van der Waals surface area contributed by atoms with Crippen molar-refractivity contribution in [2.45, 2.75) is 44.3 Å². The maximum absolute atomic E-state index is 15.1. The zero-order valence-electron chi connectivity index (χ0n) is 24.0. The van der Waals surface area contributed by atoms with Gasteiger partial charge in [-0.2, -0.15) is 5.10 Å². The van der Waals surface area contributed by atoms with Crippen molar-refractivity contribution >= 4 is 64.3 Å². The second-order valence-electron chi connectivity index (χ2n) is 11.2. The van der Waals surface area contributed by atoms with Crippen LogP contribution in [0.25, 0.3) is 0 Å². The molecule has 2 aromatic carbocycles. The van der Waals surface area contributed by atoms with Gasteiger partial charge in [-0.25, -0.2) is 4.39 Å². The number of aromatic amines is 1. The summed E-state index contributed by atoms with van der Waals surface area (Å²) in [6, 6.07) is 5.93. The fourth-order valence-electron chi connectivity index (χ4n) is 5.90. The van der Waals surface area contributed by atoms with Gasteiger partial charge in [0.2, 0.25) is 11.8 Å². The molecule has 1 aromatic heterocycles. The largest absolute Gasteiger partial charge is 0.348 e. The lowest BCUT2D eigenvalue weighted by Crippen LogP contribution is -2.54. The van der Waals surface area contributed by atoms with Gasteiger partial charge in [0.1, 0.15) is 11.9 Å². The Bertz CT molecular complexity index is 1790. The van der Waals surface area contributed by atoms with E-state index in [0.717, 1.165) is 4.90 Å². The quantitative estimate of drug-likeness (QED) is 0.278. The van der Waals surface area contributed by atoms with E-state index in [2.05, 4.69) is 26.1 Å². The normalized spacial score (nSPS) is 18.8. The van der Waals surface area contributed by atoms with E-state index in [0.29, 0.717) is 31.5 Å². The van der Waals surface area contributed by atoms with Crippen molar-refractivity contribution in [2.75, 3.05) is 18.4 Å². The van der Waals surface area contributed by atoms with E-state index in [9.17, 15) is 28.8 Å². The smallest absolute Gasteiger partial charge is 0.274 e. The Hall–Kier alpha value is -4.66. The molecule has 3 aliphatic rings. The summed E-state index contributed by atoms with van der Waals surface area (Å²) in [6.45, 7) is 1.35. The third-order valence-electron chi connectivity index (χ3n) is 8.18. The highest BCUT2D eigenvalue weighted by molar-refractivity contribution is 6.40. The predicted molar refractivity (Wildman–Crippen MR) is 162 cm³/mol. The molecule has 3 aromatic rings. The van der Waals surface area contributed by atoms with Gasteiger partial charge >= 0.3 is 0 Å². The molecule has 2 fully saturated rings. The number of halogens is 3. The molecule has 1 unspecified atom stereocenters. The summed E-state index contributed by atoms with van der Waals surface area (Å²) in [7, 11) is 0. The average molecular weight is 670 g/mol. The molecule has 0 radical (unpaired) electrons. The lowest BCUT2D eigenvalue weighted by molar-refractivity contribution is -0.136. The second-order valence-corrected chi connectivity index (χ2v) is 12.0. The Labute approximate surface area is 270 Å². The molecule has 0 aliphatic carbocycles. The minimum absolute atomic E-state index is 0.0156. The van der Waals surface area contributed by atoms with E-state index in [1.807, 2.05) is 4.90 Å². The summed E-state index contributed by atoms with van der Waals surface area (Å²) >= 11 is 12.2. The summed E-state index contributed by atoms with van der Waals surface area (Å²) in [4.78, 5) is 78.5. The van der Waals surface area contributed by atoms with Crippen LogP contribution in [0.4, 0.5) is 10.1 Å². The van der Waals surface area contributed by atoms with Crippen molar-refractivity contribution in [3.8, 4) is 0 Å². The summed E-state index contributed by atoms with van der Waals surface area (Å²) in [5.74, 6) is -4.90. The molecule has 6 amide bonds. The number of fused-ring (bicyclic) bond motifs is 1. The van der Waals surface area contributed by atoms with E-state index in [1.165, 1.54) is 30.5 Å². The van der Waals surface area contributed by atoms with E-state index < -0.39 is 47.3 Å². The van der Waals surface area contributed by atoms with Crippen LogP contribution in [0.15, 0.2) is 36.5 Å². The average Bonchev–Trinajstić information content (AvgIpc) is 3.56. The highest BCUT2D eigenvalue weighted by Crippen LogP contribution is 2.31. The van der Waals surface area contributed by atoms with Gasteiger partial charge in [-0.15, -0.1) is 0 Å². The Morgan fingerprint density at radius 3 is 2.41 bits per heavy atom. The lowest BCUT2D eigenvalue weighted by Gasteiger charge is -2.32. The molecule has 4 heterocycles. The Kier molecular flexibility index (Phi) is 8.59. The fraction of sp³-hybridized carbons (Fsp3) is 0.300. The molecule has 3 aliphatic heterocycles. The summed E-state index contributed by atoms with van der Waals surface area (Å²) in [5.41, 5.74) is 0.170. The van der Waals surface area contributed by atoms with E-state index in [1.54, 1.807) is 6.07 Å². The van der Waals surface area contributed by atoms with Crippen LogP contribution >= 0.6 is 23.2 Å². The van der Waals surface area contributed by atoms with Crippen LogP contribution in [-0.4, -0.2) is 80.6 Å². The molecular weight excluding hydrogens is 644 g/mol. The number of rotatable bonds is 7. The van der Waals surface area contributed by atoms with E-state index in [-0.39, 0.29) is 63.5 Å². The van der Waals surface area contributed by atoms with Gasteiger partial charge in [-0.05, 0) is 49.1 Å². The first-order valence-corrected chi connectivity index (χ1v) is 15.1. The molecule has 1 atom stereocenters. The molecule has 0 saturated carbocycles. The number of aromatic nitrogens is 2. The third kappa shape index (κ3) is 5.98. The second kappa shape index (κ2) is 12.6. The standard InChI is InChI=1S/C30H26Cl2FN7O6/c31-17-2-1-3-18(32)24(17)27(43)36-20-12-34-38-25(20)28(44)35-15-6-8-39(9-7-15)13-14-10-16-23(19(33)11-14)30(46)40(29(16)45)21-4-5-22(41)37-26(21)42/h1-3,10-12,15,21H,4-9,13H2,(H,34,38)(H,35,44)(H,36,43)(H,37,41,42). The Balaban J connectivity index is 1.05. The predicted octanol–water partition coefficient (Wildman–Crippen LogP) is 2.90. The topological polar surface area (TPSA) is 174 Å². The molecule has 0 spiro atoms. The highest BCUT2D eigenvalue weighted by Gasteiger charge is 2.46. The molecule has 6 rings (SSSR count). The number of nitrogens with one attached hydrogen (secondary N) is 4. The number of piperidine rings is 2. The van der Waals surface area contributed by atoms with Gasteiger partial charge < -0.3 is 10.6 Å². The van der Waals surface area contributed by atoms with Gasteiger partial charge in [0.05, 0.1) is 32.4 Å². The number of likely N-dealkylation sites (tertiary alicyclic amines) is 1. The van der Waals surface area contributed by atoms with Gasteiger partial charge in [-0.1, -0.05) is 29.3 Å². The number of benzene rings is 2.